The molecule has 31 heavy (non-hydrogen) atoms. The van der Waals surface area contributed by atoms with Crippen LogP contribution in [0.3, 0.4) is 0 Å². The van der Waals surface area contributed by atoms with Gasteiger partial charge in [-0.1, -0.05) is 29.8 Å². The molecule has 0 bridgehead atoms. The average molecular weight is 442 g/mol. The molecule has 0 saturated heterocycles. The Kier molecular flexibility index (Phi) is 7.07. The molecular weight excluding hydrogens is 417 g/mol. The number of hydrogen-bond donors (Lipinski definition) is 2. The SMILES string of the molecule is CCn1nc(C)c(CN=C(NC(=O)c2ccccc2C)Nc2ccc(F)c(Cl)c2)c1C. The molecule has 3 rings (SSSR count). The molecule has 0 unspecified atom stereocenters. The second kappa shape index (κ2) is 9.75. The molecule has 162 valence electrons. The van der Waals surface area contributed by atoms with Crippen molar-refractivity contribution in [3.63, 3.8) is 0 Å². The van der Waals surface area contributed by atoms with E-state index in [-0.39, 0.29) is 16.9 Å². The van der Waals surface area contributed by atoms with E-state index in [1.165, 1.54) is 18.2 Å². The Hall–Kier alpha value is -3.19. The predicted octanol–water partition coefficient (Wildman–Crippen LogP) is 5.02. The molecule has 1 amide bonds. The highest BCUT2D eigenvalue weighted by atomic mass is 35.5. The molecule has 6 nitrogen and oxygen atoms in total. The number of hydrogen-bond acceptors (Lipinski definition) is 3. The number of guanidine groups is 1. The number of rotatable bonds is 5. The molecule has 2 N–H and O–H groups in total. The largest absolute Gasteiger partial charge is 0.326 e. The van der Waals surface area contributed by atoms with Gasteiger partial charge in [-0.2, -0.15) is 5.10 Å². The number of aryl methyl sites for hydroxylation is 3. The van der Waals surface area contributed by atoms with Crippen molar-refractivity contribution in [3.8, 4) is 0 Å². The Labute approximate surface area is 186 Å². The van der Waals surface area contributed by atoms with E-state index in [0.29, 0.717) is 17.8 Å². The molecule has 0 aliphatic heterocycles. The molecule has 8 heteroatoms. The highest BCUT2D eigenvalue weighted by molar-refractivity contribution is 6.31. The molecule has 0 radical (unpaired) electrons. The van der Waals surface area contributed by atoms with E-state index < -0.39 is 5.82 Å². The first-order valence-corrected chi connectivity index (χ1v) is 10.3. The molecule has 0 atom stereocenters. The first-order chi connectivity index (χ1) is 14.8. The molecule has 3 aromatic rings. The summed E-state index contributed by atoms with van der Waals surface area (Å²) in [5.41, 5.74) is 4.80. The summed E-state index contributed by atoms with van der Waals surface area (Å²) in [4.78, 5) is 17.4. The van der Waals surface area contributed by atoms with E-state index >= 15 is 0 Å². The molecule has 0 saturated carbocycles. The Morgan fingerprint density at radius 1 is 1.19 bits per heavy atom. The van der Waals surface area contributed by atoms with Crippen LogP contribution in [0.4, 0.5) is 10.1 Å². The van der Waals surface area contributed by atoms with Crippen molar-refractivity contribution in [2.45, 2.75) is 40.8 Å². The number of amides is 1. The number of aromatic nitrogens is 2. The normalized spacial score (nSPS) is 11.5. The third-order valence-electron chi connectivity index (χ3n) is 5.03. The molecule has 0 spiro atoms. The number of halogens is 2. The number of anilines is 1. The Balaban J connectivity index is 1.90. The third kappa shape index (κ3) is 5.30. The number of benzene rings is 2. The molecule has 1 aromatic heterocycles. The van der Waals surface area contributed by atoms with Crippen LogP contribution in [0.25, 0.3) is 0 Å². The smallest absolute Gasteiger partial charge is 0.258 e. The first-order valence-electron chi connectivity index (χ1n) is 9.96. The van der Waals surface area contributed by atoms with Gasteiger partial charge in [-0.3, -0.25) is 14.8 Å². The van der Waals surface area contributed by atoms with Crippen LogP contribution in [-0.4, -0.2) is 21.6 Å². The standard InChI is InChI=1S/C23H25ClFN5O/c1-5-30-16(4)19(15(3)29-30)13-26-23(27-17-10-11-21(25)20(24)12-17)28-22(31)18-9-7-6-8-14(18)2/h6-12H,5,13H2,1-4H3,(H2,26,27,28,31). The molecule has 1 heterocycles. The van der Waals surface area contributed by atoms with Crippen LogP contribution in [-0.2, 0) is 13.1 Å². The van der Waals surface area contributed by atoms with Crippen molar-refractivity contribution in [2.75, 3.05) is 5.32 Å². The van der Waals surface area contributed by atoms with Gasteiger partial charge in [0, 0.05) is 29.1 Å². The Bertz CT molecular complexity index is 1140. The molecule has 0 fully saturated rings. The zero-order valence-electron chi connectivity index (χ0n) is 18.0. The van der Waals surface area contributed by atoms with Gasteiger partial charge in [0.05, 0.1) is 17.3 Å². The van der Waals surface area contributed by atoms with Crippen LogP contribution < -0.4 is 10.6 Å². The first kappa shape index (κ1) is 22.5. The second-order valence-electron chi connectivity index (χ2n) is 7.15. The number of nitrogens with one attached hydrogen (secondary N) is 2. The van der Waals surface area contributed by atoms with Gasteiger partial charge in [0.1, 0.15) is 5.82 Å². The zero-order chi connectivity index (χ0) is 22.5. The van der Waals surface area contributed by atoms with Crippen LogP contribution in [0.1, 0.15) is 39.8 Å². The van der Waals surface area contributed by atoms with Gasteiger partial charge < -0.3 is 5.32 Å². The summed E-state index contributed by atoms with van der Waals surface area (Å²) in [5, 5.41) is 10.3. The lowest BCUT2D eigenvalue weighted by atomic mass is 10.1. The molecule has 0 aliphatic carbocycles. The van der Waals surface area contributed by atoms with Gasteiger partial charge in [0.15, 0.2) is 0 Å². The van der Waals surface area contributed by atoms with E-state index in [9.17, 15) is 9.18 Å². The lowest BCUT2D eigenvalue weighted by molar-refractivity contribution is 0.0976. The van der Waals surface area contributed by atoms with Crippen molar-refractivity contribution in [1.82, 2.24) is 15.1 Å². The number of aliphatic imine (C=N–C) groups is 1. The van der Waals surface area contributed by atoms with Gasteiger partial charge in [-0.05, 0) is 57.5 Å². The number of carbonyl (C=O) groups excluding carboxylic acids is 1. The number of carbonyl (C=O) groups is 1. The van der Waals surface area contributed by atoms with E-state index in [2.05, 4.69) is 20.7 Å². The minimum Gasteiger partial charge on any atom is -0.326 e. The van der Waals surface area contributed by atoms with Crippen molar-refractivity contribution in [3.05, 3.63) is 81.4 Å². The minimum absolute atomic E-state index is 0.0227. The van der Waals surface area contributed by atoms with Crippen LogP contribution in [0.2, 0.25) is 5.02 Å². The third-order valence-corrected chi connectivity index (χ3v) is 5.32. The highest BCUT2D eigenvalue weighted by Crippen LogP contribution is 2.20. The van der Waals surface area contributed by atoms with Gasteiger partial charge >= 0.3 is 0 Å². The summed E-state index contributed by atoms with van der Waals surface area (Å²) in [6.07, 6.45) is 0. The average Bonchev–Trinajstić information content (AvgIpc) is 3.02. The van der Waals surface area contributed by atoms with E-state index in [0.717, 1.165) is 29.1 Å². The minimum atomic E-state index is -0.520. The summed E-state index contributed by atoms with van der Waals surface area (Å²) in [7, 11) is 0. The van der Waals surface area contributed by atoms with Gasteiger partial charge in [-0.15, -0.1) is 0 Å². The zero-order valence-corrected chi connectivity index (χ0v) is 18.7. The summed E-state index contributed by atoms with van der Waals surface area (Å²) >= 11 is 5.90. The summed E-state index contributed by atoms with van der Waals surface area (Å²) < 4.78 is 15.5. The monoisotopic (exact) mass is 441 g/mol. The summed E-state index contributed by atoms with van der Waals surface area (Å²) in [6, 6.07) is 11.5. The lowest BCUT2D eigenvalue weighted by Crippen LogP contribution is -2.36. The van der Waals surface area contributed by atoms with Crippen molar-refractivity contribution in [1.29, 1.82) is 0 Å². The maximum atomic E-state index is 13.5. The molecular formula is C23H25ClFN5O. The van der Waals surface area contributed by atoms with Crippen molar-refractivity contribution < 1.29 is 9.18 Å². The van der Waals surface area contributed by atoms with Gasteiger partial charge in [0.2, 0.25) is 5.96 Å². The second-order valence-corrected chi connectivity index (χ2v) is 7.56. The lowest BCUT2D eigenvalue weighted by Gasteiger charge is -2.13. The predicted molar refractivity (Wildman–Crippen MR) is 122 cm³/mol. The topological polar surface area (TPSA) is 71.3 Å². The fraction of sp³-hybridized carbons (Fsp3) is 0.261. The van der Waals surface area contributed by atoms with Crippen molar-refractivity contribution >= 4 is 29.2 Å². The van der Waals surface area contributed by atoms with Crippen LogP contribution in [0, 0.1) is 26.6 Å². The summed E-state index contributed by atoms with van der Waals surface area (Å²) in [6.45, 7) is 8.91. The fourth-order valence-corrected chi connectivity index (χ4v) is 3.43. The van der Waals surface area contributed by atoms with Crippen molar-refractivity contribution in [2.24, 2.45) is 4.99 Å². The Morgan fingerprint density at radius 2 is 1.94 bits per heavy atom. The number of nitrogens with zero attached hydrogens (tertiary/aromatic N) is 3. The van der Waals surface area contributed by atoms with Gasteiger partial charge in [-0.25, -0.2) is 9.38 Å². The Morgan fingerprint density at radius 3 is 2.58 bits per heavy atom. The fourth-order valence-electron chi connectivity index (χ4n) is 3.25. The summed E-state index contributed by atoms with van der Waals surface area (Å²) in [5.74, 6) is -0.581. The quantitative estimate of drug-likeness (QED) is 0.431. The maximum absolute atomic E-state index is 13.5. The van der Waals surface area contributed by atoms with E-state index in [4.69, 9.17) is 11.6 Å². The van der Waals surface area contributed by atoms with Crippen LogP contribution >= 0.6 is 11.6 Å². The van der Waals surface area contributed by atoms with Gasteiger partial charge in [0.25, 0.3) is 5.91 Å². The highest BCUT2D eigenvalue weighted by Gasteiger charge is 2.14. The molecule has 2 aromatic carbocycles. The maximum Gasteiger partial charge on any atom is 0.258 e. The van der Waals surface area contributed by atoms with E-state index in [1.54, 1.807) is 12.1 Å². The van der Waals surface area contributed by atoms with Crippen LogP contribution in [0.5, 0.6) is 0 Å². The molecule has 0 aliphatic rings. The van der Waals surface area contributed by atoms with Crippen LogP contribution in [0.15, 0.2) is 47.5 Å². The van der Waals surface area contributed by atoms with E-state index in [1.807, 2.05) is 44.5 Å².